The number of hydrogen-bond acceptors (Lipinski definition) is 2. The number of carbonyl (C=O) groups excluding carboxylic acids is 1. The molecular formula is C13H13N3O. The topological polar surface area (TPSA) is 68.0 Å². The maximum absolute atomic E-state index is 10.7. The van der Waals surface area contributed by atoms with E-state index in [2.05, 4.69) is 10.3 Å². The van der Waals surface area contributed by atoms with Crippen LogP contribution in [0.3, 0.4) is 0 Å². The van der Waals surface area contributed by atoms with Crippen molar-refractivity contribution in [2.24, 2.45) is 5.73 Å². The third kappa shape index (κ3) is 2.60. The highest BCUT2D eigenvalue weighted by atomic mass is 16.2. The number of anilines is 1. The molecule has 4 heteroatoms. The van der Waals surface area contributed by atoms with E-state index in [-0.39, 0.29) is 0 Å². The molecule has 3 N–H and O–H groups in total. The number of carbonyl (C=O) groups is 1. The summed E-state index contributed by atoms with van der Waals surface area (Å²) in [6, 6.07) is 13.0. The summed E-state index contributed by atoms with van der Waals surface area (Å²) in [6.45, 7) is 1.90. The van der Waals surface area contributed by atoms with Crippen molar-refractivity contribution in [3.63, 3.8) is 0 Å². The molecule has 0 saturated carbocycles. The molecule has 0 aliphatic carbocycles. The summed E-state index contributed by atoms with van der Waals surface area (Å²) in [4.78, 5) is 15.0. The first kappa shape index (κ1) is 11.1. The second kappa shape index (κ2) is 4.65. The van der Waals surface area contributed by atoms with Crippen LogP contribution < -0.4 is 11.1 Å². The van der Waals surface area contributed by atoms with Gasteiger partial charge in [0.05, 0.1) is 0 Å². The minimum Gasteiger partial charge on any atom is -0.351 e. The number of benzene rings is 1. The standard InChI is InChI=1S/C13H13N3O/c1-9-11(10-5-3-2-4-6-10)7-8-12(15-9)16-13(14)17/h2-8H,1H3,(H3,14,15,16,17). The number of primary amides is 1. The number of aromatic nitrogens is 1. The molecule has 2 rings (SSSR count). The number of nitrogens with two attached hydrogens (primary N) is 1. The molecule has 0 atom stereocenters. The van der Waals surface area contributed by atoms with E-state index in [4.69, 9.17) is 5.73 Å². The normalized spacial score (nSPS) is 9.94. The van der Waals surface area contributed by atoms with Crippen LogP contribution in [-0.2, 0) is 0 Å². The first-order chi connectivity index (χ1) is 8.16. The molecule has 0 spiro atoms. The minimum absolute atomic E-state index is 0.467. The molecule has 4 nitrogen and oxygen atoms in total. The van der Waals surface area contributed by atoms with Gasteiger partial charge in [-0.2, -0.15) is 0 Å². The van der Waals surface area contributed by atoms with E-state index in [9.17, 15) is 4.79 Å². The number of rotatable bonds is 2. The van der Waals surface area contributed by atoms with Crippen molar-refractivity contribution in [1.29, 1.82) is 0 Å². The fraction of sp³-hybridized carbons (Fsp3) is 0.0769. The lowest BCUT2D eigenvalue weighted by atomic mass is 10.0. The van der Waals surface area contributed by atoms with Crippen molar-refractivity contribution in [2.75, 3.05) is 5.32 Å². The van der Waals surface area contributed by atoms with Gasteiger partial charge in [-0.15, -0.1) is 0 Å². The zero-order valence-electron chi connectivity index (χ0n) is 9.47. The van der Waals surface area contributed by atoms with Gasteiger partial charge in [0.1, 0.15) is 5.82 Å². The Labute approximate surface area is 99.5 Å². The molecular weight excluding hydrogens is 214 g/mol. The van der Waals surface area contributed by atoms with E-state index in [0.29, 0.717) is 5.82 Å². The Morgan fingerprint density at radius 3 is 2.47 bits per heavy atom. The predicted molar refractivity (Wildman–Crippen MR) is 67.6 cm³/mol. The van der Waals surface area contributed by atoms with E-state index in [1.54, 1.807) is 6.07 Å². The van der Waals surface area contributed by atoms with Crippen molar-refractivity contribution < 1.29 is 4.79 Å². The van der Waals surface area contributed by atoms with Crippen molar-refractivity contribution in [3.05, 3.63) is 48.2 Å². The Bertz CT molecular complexity index is 538. The molecule has 0 fully saturated rings. The zero-order chi connectivity index (χ0) is 12.3. The van der Waals surface area contributed by atoms with Crippen molar-refractivity contribution in [3.8, 4) is 11.1 Å². The van der Waals surface area contributed by atoms with Crippen LogP contribution in [0.25, 0.3) is 11.1 Å². The van der Waals surface area contributed by atoms with Crippen LogP contribution in [0, 0.1) is 6.92 Å². The minimum atomic E-state index is -0.607. The van der Waals surface area contributed by atoms with Gasteiger partial charge >= 0.3 is 6.03 Å². The molecule has 2 amide bonds. The van der Waals surface area contributed by atoms with Crippen molar-refractivity contribution in [2.45, 2.75) is 6.92 Å². The number of aryl methyl sites for hydroxylation is 1. The molecule has 0 bridgehead atoms. The lowest BCUT2D eigenvalue weighted by Crippen LogP contribution is -2.20. The molecule has 0 unspecified atom stereocenters. The summed E-state index contributed by atoms with van der Waals surface area (Å²) in [5.74, 6) is 0.467. The zero-order valence-corrected chi connectivity index (χ0v) is 9.47. The van der Waals surface area contributed by atoms with Gasteiger partial charge in [-0.3, -0.25) is 5.32 Å². The molecule has 0 saturated heterocycles. The Balaban J connectivity index is 2.35. The van der Waals surface area contributed by atoms with E-state index >= 15 is 0 Å². The van der Waals surface area contributed by atoms with Gasteiger partial charge in [-0.05, 0) is 24.6 Å². The van der Waals surface area contributed by atoms with Crippen LogP contribution >= 0.6 is 0 Å². The summed E-state index contributed by atoms with van der Waals surface area (Å²) in [5.41, 5.74) is 8.03. The van der Waals surface area contributed by atoms with E-state index in [0.717, 1.165) is 16.8 Å². The van der Waals surface area contributed by atoms with Crippen LogP contribution in [0.5, 0.6) is 0 Å². The Kier molecular flexibility index (Phi) is 3.05. The van der Waals surface area contributed by atoms with Gasteiger partial charge in [0.2, 0.25) is 0 Å². The lowest BCUT2D eigenvalue weighted by Gasteiger charge is -2.07. The lowest BCUT2D eigenvalue weighted by molar-refractivity contribution is 0.259. The van der Waals surface area contributed by atoms with Gasteiger partial charge < -0.3 is 5.73 Å². The van der Waals surface area contributed by atoms with Gasteiger partial charge in [-0.25, -0.2) is 9.78 Å². The predicted octanol–water partition coefficient (Wildman–Crippen LogP) is 2.55. The van der Waals surface area contributed by atoms with Crippen LogP contribution in [-0.4, -0.2) is 11.0 Å². The van der Waals surface area contributed by atoms with E-state index < -0.39 is 6.03 Å². The fourth-order valence-corrected chi connectivity index (χ4v) is 1.68. The molecule has 2 aromatic rings. The SMILES string of the molecule is Cc1nc(NC(N)=O)ccc1-c1ccccc1. The Hall–Kier alpha value is -2.36. The number of nitrogens with zero attached hydrogens (tertiary/aromatic N) is 1. The first-order valence-electron chi connectivity index (χ1n) is 5.26. The molecule has 1 aromatic carbocycles. The smallest absolute Gasteiger partial charge is 0.317 e. The van der Waals surface area contributed by atoms with Crippen molar-refractivity contribution in [1.82, 2.24) is 4.98 Å². The Morgan fingerprint density at radius 1 is 1.18 bits per heavy atom. The Morgan fingerprint density at radius 2 is 1.88 bits per heavy atom. The van der Waals surface area contributed by atoms with Gasteiger partial charge in [0.15, 0.2) is 0 Å². The molecule has 1 heterocycles. The maximum Gasteiger partial charge on any atom is 0.317 e. The third-order valence-electron chi connectivity index (χ3n) is 2.42. The number of amides is 2. The van der Waals surface area contributed by atoms with E-state index in [1.165, 1.54) is 0 Å². The average molecular weight is 227 g/mol. The van der Waals surface area contributed by atoms with Gasteiger partial charge in [0, 0.05) is 11.3 Å². The molecule has 0 aliphatic heterocycles. The number of nitrogens with one attached hydrogen (secondary N) is 1. The van der Waals surface area contributed by atoms with Gasteiger partial charge in [-0.1, -0.05) is 30.3 Å². The molecule has 17 heavy (non-hydrogen) atoms. The first-order valence-corrected chi connectivity index (χ1v) is 5.26. The highest BCUT2D eigenvalue weighted by Gasteiger charge is 2.04. The summed E-state index contributed by atoms with van der Waals surface area (Å²) in [6.07, 6.45) is 0. The molecule has 1 aromatic heterocycles. The van der Waals surface area contributed by atoms with Crippen molar-refractivity contribution >= 4 is 11.8 Å². The van der Waals surface area contributed by atoms with Gasteiger partial charge in [0.25, 0.3) is 0 Å². The fourth-order valence-electron chi connectivity index (χ4n) is 1.68. The van der Waals surface area contributed by atoms with Crippen LogP contribution in [0.2, 0.25) is 0 Å². The highest BCUT2D eigenvalue weighted by Crippen LogP contribution is 2.23. The number of urea groups is 1. The molecule has 86 valence electrons. The van der Waals surface area contributed by atoms with E-state index in [1.807, 2.05) is 43.3 Å². The van der Waals surface area contributed by atoms with Crippen LogP contribution in [0.15, 0.2) is 42.5 Å². The maximum atomic E-state index is 10.7. The monoisotopic (exact) mass is 227 g/mol. The summed E-state index contributed by atoms with van der Waals surface area (Å²) >= 11 is 0. The third-order valence-corrected chi connectivity index (χ3v) is 2.42. The number of pyridine rings is 1. The van der Waals surface area contributed by atoms with Crippen LogP contribution in [0.4, 0.5) is 10.6 Å². The second-order valence-electron chi connectivity index (χ2n) is 3.68. The highest BCUT2D eigenvalue weighted by molar-refractivity contribution is 5.87. The summed E-state index contributed by atoms with van der Waals surface area (Å²) < 4.78 is 0. The molecule has 0 radical (unpaired) electrons. The summed E-state index contributed by atoms with van der Waals surface area (Å²) in [5, 5.41) is 2.45. The molecule has 0 aliphatic rings. The summed E-state index contributed by atoms with van der Waals surface area (Å²) in [7, 11) is 0. The quantitative estimate of drug-likeness (QED) is 0.827. The number of hydrogen-bond donors (Lipinski definition) is 2. The largest absolute Gasteiger partial charge is 0.351 e. The second-order valence-corrected chi connectivity index (χ2v) is 3.68. The van der Waals surface area contributed by atoms with Crippen LogP contribution in [0.1, 0.15) is 5.69 Å². The average Bonchev–Trinajstić information content (AvgIpc) is 2.29.